The van der Waals surface area contributed by atoms with Crippen molar-refractivity contribution in [2.24, 2.45) is 5.92 Å². The van der Waals surface area contributed by atoms with Crippen molar-refractivity contribution >= 4 is 5.97 Å². The molecule has 110 valence electrons. The van der Waals surface area contributed by atoms with Gasteiger partial charge in [0, 0.05) is 13.2 Å². The fourth-order valence-electron chi connectivity index (χ4n) is 3.09. The number of esters is 1. The second-order valence-electron chi connectivity index (χ2n) is 6.00. The summed E-state index contributed by atoms with van der Waals surface area (Å²) < 4.78 is 10.9. The van der Waals surface area contributed by atoms with Gasteiger partial charge in [0.05, 0.1) is 12.7 Å². The van der Waals surface area contributed by atoms with Gasteiger partial charge in [-0.3, -0.25) is 10.1 Å². The van der Waals surface area contributed by atoms with E-state index < -0.39 is 5.54 Å². The molecule has 2 rings (SSSR count). The molecule has 4 nitrogen and oxygen atoms in total. The topological polar surface area (TPSA) is 47.6 Å². The fraction of sp³-hybridized carbons (Fsp3) is 0.933. The Kier molecular flexibility index (Phi) is 5.22. The Labute approximate surface area is 116 Å². The van der Waals surface area contributed by atoms with Gasteiger partial charge < -0.3 is 9.47 Å². The zero-order chi connectivity index (χ0) is 13.7. The molecular formula is C15H27NO3. The van der Waals surface area contributed by atoms with Crippen LogP contribution in [0.3, 0.4) is 0 Å². The van der Waals surface area contributed by atoms with Crippen LogP contribution in [0, 0.1) is 5.92 Å². The van der Waals surface area contributed by atoms with Crippen molar-refractivity contribution in [3.8, 4) is 0 Å². The first-order valence-electron chi connectivity index (χ1n) is 7.70. The molecule has 1 atom stereocenters. The van der Waals surface area contributed by atoms with Crippen molar-refractivity contribution in [2.45, 2.75) is 64.0 Å². The Morgan fingerprint density at radius 2 is 2.11 bits per heavy atom. The van der Waals surface area contributed by atoms with Crippen LogP contribution < -0.4 is 5.32 Å². The van der Waals surface area contributed by atoms with Crippen molar-refractivity contribution in [3.05, 3.63) is 0 Å². The molecule has 1 saturated carbocycles. The summed E-state index contributed by atoms with van der Waals surface area (Å²) in [6.07, 6.45) is 6.47. The van der Waals surface area contributed by atoms with E-state index >= 15 is 0 Å². The van der Waals surface area contributed by atoms with Gasteiger partial charge in [-0.15, -0.1) is 0 Å². The summed E-state index contributed by atoms with van der Waals surface area (Å²) in [7, 11) is 0. The first kappa shape index (κ1) is 14.8. The summed E-state index contributed by atoms with van der Waals surface area (Å²) in [6.45, 7) is 6.22. The summed E-state index contributed by atoms with van der Waals surface area (Å²) in [5.74, 6) is 0.645. The van der Waals surface area contributed by atoms with Crippen LogP contribution in [-0.2, 0) is 14.3 Å². The fourth-order valence-corrected chi connectivity index (χ4v) is 3.09. The van der Waals surface area contributed by atoms with Gasteiger partial charge in [-0.1, -0.05) is 6.92 Å². The van der Waals surface area contributed by atoms with Gasteiger partial charge in [0.1, 0.15) is 5.54 Å². The molecule has 1 saturated heterocycles. The summed E-state index contributed by atoms with van der Waals surface area (Å²) in [5, 5.41) is 3.48. The Morgan fingerprint density at radius 3 is 2.68 bits per heavy atom. The molecule has 1 heterocycles. The van der Waals surface area contributed by atoms with Gasteiger partial charge in [0.15, 0.2) is 0 Å². The first-order valence-corrected chi connectivity index (χ1v) is 7.70. The van der Waals surface area contributed by atoms with E-state index in [1.54, 1.807) is 0 Å². The lowest BCUT2D eigenvalue weighted by atomic mass is 9.77. The normalized spacial score (nSPS) is 35.3. The lowest BCUT2D eigenvalue weighted by molar-refractivity contribution is -0.153. The predicted molar refractivity (Wildman–Crippen MR) is 74.0 cm³/mol. The minimum absolute atomic E-state index is 0.0695. The average molecular weight is 269 g/mol. The van der Waals surface area contributed by atoms with Gasteiger partial charge in [0.2, 0.25) is 0 Å². The molecule has 1 aliphatic carbocycles. The van der Waals surface area contributed by atoms with Crippen LogP contribution >= 0.6 is 0 Å². The Balaban J connectivity index is 1.94. The third kappa shape index (κ3) is 3.69. The van der Waals surface area contributed by atoms with Crippen LogP contribution in [0.4, 0.5) is 0 Å². The number of hydrogen-bond acceptors (Lipinski definition) is 4. The molecule has 2 fully saturated rings. The molecule has 0 aromatic heterocycles. The summed E-state index contributed by atoms with van der Waals surface area (Å²) >= 11 is 0. The van der Waals surface area contributed by atoms with Crippen molar-refractivity contribution < 1.29 is 14.3 Å². The molecule has 1 N–H and O–H groups in total. The van der Waals surface area contributed by atoms with Gasteiger partial charge in [-0.05, 0) is 51.4 Å². The van der Waals surface area contributed by atoms with Crippen molar-refractivity contribution in [2.75, 3.05) is 19.8 Å². The van der Waals surface area contributed by atoms with E-state index in [9.17, 15) is 4.79 Å². The maximum atomic E-state index is 12.3. The van der Waals surface area contributed by atoms with E-state index in [-0.39, 0.29) is 12.1 Å². The first-order chi connectivity index (χ1) is 9.16. The molecule has 2 aliphatic rings. The molecule has 19 heavy (non-hydrogen) atoms. The lowest BCUT2D eigenvalue weighted by Crippen LogP contribution is -2.56. The van der Waals surface area contributed by atoms with E-state index in [1.807, 2.05) is 6.92 Å². The number of carbonyl (C=O) groups is 1. The smallest absolute Gasteiger partial charge is 0.326 e. The minimum atomic E-state index is -0.464. The molecule has 1 unspecified atom stereocenters. The number of rotatable bonds is 5. The van der Waals surface area contributed by atoms with E-state index in [2.05, 4.69) is 12.2 Å². The van der Waals surface area contributed by atoms with Gasteiger partial charge >= 0.3 is 5.97 Å². The zero-order valence-corrected chi connectivity index (χ0v) is 12.2. The van der Waals surface area contributed by atoms with Crippen LogP contribution in [0.1, 0.15) is 52.4 Å². The molecular weight excluding hydrogens is 242 g/mol. The standard InChI is InChI=1S/C15H27NO3/c1-3-18-14(17)15(8-6-12(2)7-9-15)16-11-13-5-4-10-19-13/h12-13,16H,3-11H2,1-2H3. The van der Waals surface area contributed by atoms with E-state index in [4.69, 9.17) is 9.47 Å². The van der Waals surface area contributed by atoms with Crippen molar-refractivity contribution in [1.29, 1.82) is 0 Å². The third-order valence-electron chi connectivity index (χ3n) is 4.49. The number of carbonyl (C=O) groups excluding carboxylic acids is 1. The summed E-state index contributed by atoms with van der Waals surface area (Å²) in [5.41, 5.74) is -0.464. The second-order valence-corrected chi connectivity index (χ2v) is 6.00. The molecule has 1 aliphatic heterocycles. The van der Waals surface area contributed by atoms with Crippen LogP contribution in [0.5, 0.6) is 0 Å². The zero-order valence-electron chi connectivity index (χ0n) is 12.2. The Morgan fingerprint density at radius 1 is 1.37 bits per heavy atom. The largest absolute Gasteiger partial charge is 0.465 e. The third-order valence-corrected chi connectivity index (χ3v) is 4.49. The van der Waals surface area contributed by atoms with Crippen LogP contribution in [0.25, 0.3) is 0 Å². The lowest BCUT2D eigenvalue weighted by Gasteiger charge is -2.38. The van der Waals surface area contributed by atoms with Gasteiger partial charge in [-0.2, -0.15) is 0 Å². The van der Waals surface area contributed by atoms with Crippen molar-refractivity contribution in [1.82, 2.24) is 5.32 Å². The molecule has 0 bridgehead atoms. The average Bonchev–Trinajstić information content (AvgIpc) is 2.92. The molecule has 0 radical (unpaired) electrons. The summed E-state index contributed by atoms with van der Waals surface area (Å²) in [4.78, 5) is 12.3. The maximum absolute atomic E-state index is 12.3. The highest BCUT2D eigenvalue weighted by atomic mass is 16.5. The van der Waals surface area contributed by atoms with E-state index in [0.29, 0.717) is 12.5 Å². The Bertz CT molecular complexity index is 292. The van der Waals surface area contributed by atoms with Crippen LogP contribution in [-0.4, -0.2) is 37.4 Å². The molecule has 0 aromatic carbocycles. The predicted octanol–water partition coefficient (Wildman–Crippen LogP) is 2.27. The number of hydrogen-bond donors (Lipinski definition) is 1. The second kappa shape index (κ2) is 6.71. The highest BCUT2D eigenvalue weighted by Crippen LogP contribution is 2.33. The van der Waals surface area contributed by atoms with Gasteiger partial charge in [-0.25, -0.2) is 0 Å². The molecule has 0 aromatic rings. The van der Waals surface area contributed by atoms with E-state index in [1.165, 1.54) is 0 Å². The molecule has 0 spiro atoms. The van der Waals surface area contributed by atoms with Crippen LogP contribution in [0.2, 0.25) is 0 Å². The maximum Gasteiger partial charge on any atom is 0.326 e. The quantitative estimate of drug-likeness (QED) is 0.778. The molecule has 4 heteroatoms. The van der Waals surface area contributed by atoms with Gasteiger partial charge in [0.25, 0.3) is 0 Å². The van der Waals surface area contributed by atoms with Crippen LogP contribution in [0.15, 0.2) is 0 Å². The summed E-state index contributed by atoms with van der Waals surface area (Å²) in [6, 6.07) is 0. The number of ether oxygens (including phenoxy) is 2. The molecule has 0 amide bonds. The highest BCUT2D eigenvalue weighted by molar-refractivity contribution is 5.81. The van der Waals surface area contributed by atoms with Crippen molar-refractivity contribution in [3.63, 3.8) is 0 Å². The minimum Gasteiger partial charge on any atom is -0.465 e. The van der Waals surface area contributed by atoms with E-state index in [0.717, 1.165) is 51.7 Å². The Hall–Kier alpha value is -0.610. The monoisotopic (exact) mass is 269 g/mol. The highest BCUT2D eigenvalue weighted by Gasteiger charge is 2.42. The number of nitrogens with one attached hydrogen (secondary N) is 1. The SMILES string of the molecule is CCOC(=O)C1(NCC2CCCO2)CCC(C)CC1.